The minimum atomic E-state index is -5.07. The topological polar surface area (TPSA) is 0 Å². The average Bonchev–Trinajstić information content (AvgIpc) is 3.48. The number of halogens is 7. The normalized spacial score (nSPS) is 21.2. The Labute approximate surface area is 215 Å². The largest absolute Gasteiger partial charge is 1.00 e. The van der Waals surface area contributed by atoms with Gasteiger partial charge in [0.1, 0.15) is 23.6 Å². The second kappa shape index (κ2) is 9.80. The van der Waals surface area contributed by atoms with Gasteiger partial charge in [0.15, 0.2) is 0 Å². The third-order valence-electron chi connectivity index (χ3n) is 6.27. The van der Waals surface area contributed by atoms with Crippen LogP contribution in [-0.4, -0.2) is 12.3 Å². The first-order valence-electron chi connectivity index (χ1n) is 10.7. The van der Waals surface area contributed by atoms with E-state index in [9.17, 15) is 30.7 Å². The summed E-state index contributed by atoms with van der Waals surface area (Å²) in [4.78, 5) is 0. The van der Waals surface area contributed by atoms with Crippen LogP contribution in [0.2, 0.25) is 0 Å². The molecule has 2 aliphatic rings. The second-order valence-corrected chi connectivity index (χ2v) is 8.45. The summed E-state index contributed by atoms with van der Waals surface area (Å²) >= 11 is 0. The van der Waals surface area contributed by atoms with Crippen molar-refractivity contribution in [2.24, 2.45) is 11.8 Å². The third-order valence-corrected chi connectivity index (χ3v) is 6.27. The van der Waals surface area contributed by atoms with Gasteiger partial charge in [-0.25, -0.2) is 17.6 Å². The molecule has 0 spiro atoms. The van der Waals surface area contributed by atoms with Crippen molar-refractivity contribution in [3.05, 3.63) is 113 Å². The van der Waals surface area contributed by atoms with E-state index in [1.54, 1.807) is 24.3 Å². The van der Waals surface area contributed by atoms with Crippen molar-refractivity contribution in [3.63, 3.8) is 0 Å². The van der Waals surface area contributed by atoms with Gasteiger partial charge in [0, 0.05) is 11.8 Å². The maximum absolute atomic E-state index is 14.8. The number of fused-ring (bicyclic) bond motifs is 1. The molecule has 8 heteroatoms. The standard InChI is InChI=1S/C28H16F7.Li/c29-21-12-18(13-22(30)26(21)23(31)14-28(33,34)35)20-11-10-19(24-25(20)27(24)32)17-8-6-16(7-9-17)15-4-2-1-3-5-15;/h2-14,24-25,27H;/q-1;+1/b23-14-;. The van der Waals surface area contributed by atoms with E-state index >= 15 is 0 Å². The molecular formula is C28H16F7Li. The Kier molecular flexibility index (Phi) is 7.09. The number of hydrogen-bond acceptors (Lipinski definition) is 0. The van der Waals surface area contributed by atoms with Crippen LogP contribution >= 0.6 is 0 Å². The molecule has 0 bridgehead atoms. The smallest absolute Gasteiger partial charge is 0.246 e. The summed E-state index contributed by atoms with van der Waals surface area (Å²) in [5, 5.41) is 0. The van der Waals surface area contributed by atoms with Crippen molar-refractivity contribution in [2.75, 3.05) is 0 Å². The van der Waals surface area contributed by atoms with E-state index in [0.717, 1.165) is 34.4 Å². The van der Waals surface area contributed by atoms with Crippen molar-refractivity contribution < 1.29 is 49.6 Å². The molecule has 3 unspecified atom stereocenters. The van der Waals surface area contributed by atoms with Crippen LogP contribution in [0.15, 0.2) is 78.9 Å². The second-order valence-electron chi connectivity index (χ2n) is 8.45. The van der Waals surface area contributed by atoms with E-state index in [-0.39, 0.29) is 24.4 Å². The van der Waals surface area contributed by atoms with Gasteiger partial charge in [-0.2, -0.15) is 43.5 Å². The predicted octanol–water partition coefficient (Wildman–Crippen LogP) is 5.37. The van der Waals surface area contributed by atoms with Crippen LogP contribution in [0.3, 0.4) is 0 Å². The van der Waals surface area contributed by atoms with Gasteiger partial charge in [-0.1, -0.05) is 36.4 Å². The summed E-state index contributed by atoms with van der Waals surface area (Å²) < 4.78 is 94.7. The van der Waals surface area contributed by atoms with Gasteiger partial charge < -0.3 is 0 Å². The Morgan fingerprint density at radius 3 is 1.75 bits per heavy atom. The first-order valence-corrected chi connectivity index (χ1v) is 10.7. The summed E-state index contributed by atoms with van der Waals surface area (Å²) in [5.74, 6) is -6.21. The number of alkyl halides is 4. The van der Waals surface area contributed by atoms with Crippen LogP contribution < -0.4 is 18.9 Å². The minimum Gasteiger partial charge on any atom is -0.246 e. The van der Waals surface area contributed by atoms with Gasteiger partial charge in [0.25, 0.3) is 0 Å². The molecular weight excluding hydrogens is 476 g/mol. The van der Waals surface area contributed by atoms with E-state index < -0.39 is 53.3 Å². The van der Waals surface area contributed by atoms with Crippen molar-refractivity contribution in [2.45, 2.75) is 12.3 Å². The molecule has 0 heterocycles. The molecule has 0 radical (unpaired) electrons. The Morgan fingerprint density at radius 2 is 1.22 bits per heavy atom. The molecule has 1 saturated carbocycles. The van der Waals surface area contributed by atoms with Crippen LogP contribution in [0.4, 0.5) is 30.7 Å². The van der Waals surface area contributed by atoms with Crippen LogP contribution in [0.5, 0.6) is 0 Å². The number of allylic oxidation sites excluding steroid dienone is 5. The molecule has 3 atom stereocenters. The van der Waals surface area contributed by atoms with Crippen LogP contribution in [0, 0.1) is 29.5 Å². The molecule has 2 aliphatic carbocycles. The first kappa shape index (κ1) is 26.1. The number of rotatable bonds is 4. The molecule has 0 aromatic heterocycles. The van der Waals surface area contributed by atoms with Crippen molar-refractivity contribution in [1.29, 1.82) is 0 Å². The van der Waals surface area contributed by atoms with Crippen molar-refractivity contribution in [3.8, 4) is 11.1 Å². The molecule has 178 valence electrons. The van der Waals surface area contributed by atoms with Gasteiger partial charge >= 0.3 is 25.0 Å². The fourth-order valence-electron chi connectivity index (χ4n) is 4.60. The molecule has 0 amide bonds. The van der Waals surface area contributed by atoms with E-state index in [0.29, 0.717) is 5.57 Å². The average molecular weight is 492 g/mol. The molecule has 0 nitrogen and oxygen atoms in total. The molecule has 3 aromatic rings. The maximum Gasteiger partial charge on any atom is 1.00 e. The molecule has 0 N–H and O–H groups in total. The molecule has 0 aliphatic heterocycles. The summed E-state index contributed by atoms with van der Waals surface area (Å²) in [6.45, 7) is 0. The van der Waals surface area contributed by atoms with E-state index in [4.69, 9.17) is 0 Å². The van der Waals surface area contributed by atoms with Gasteiger partial charge in [-0.15, -0.1) is 5.56 Å². The Balaban J connectivity index is 0.00000304. The Bertz CT molecular complexity index is 1350. The summed E-state index contributed by atoms with van der Waals surface area (Å²) in [7, 11) is 0. The molecule has 3 aromatic carbocycles. The van der Waals surface area contributed by atoms with Crippen molar-refractivity contribution in [1.82, 2.24) is 0 Å². The fraction of sp³-hybridized carbons (Fsp3) is 0.143. The molecule has 36 heavy (non-hydrogen) atoms. The van der Waals surface area contributed by atoms with Crippen molar-refractivity contribution >= 4 is 17.0 Å². The number of benzene rings is 3. The van der Waals surface area contributed by atoms with E-state index in [1.807, 2.05) is 36.4 Å². The van der Waals surface area contributed by atoms with Gasteiger partial charge in [-0.3, -0.25) is 0 Å². The predicted molar refractivity (Wildman–Crippen MR) is 120 cm³/mol. The van der Waals surface area contributed by atoms with E-state index in [1.165, 1.54) is 0 Å². The Hall–Kier alpha value is -3.01. The summed E-state index contributed by atoms with van der Waals surface area (Å²) in [6, 6.07) is 19.5. The number of hydrogen-bond donors (Lipinski definition) is 0. The van der Waals surface area contributed by atoms with Gasteiger partial charge in [0.05, 0.1) is 11.6 Å². The van der Waals surface area contributed by atoms with Gasteiger partial charge in [-0.05, 0) is 40.0 Å². The Morgan fingerprint density at radius 1 is 0.750 bits per heavy atom. The van der Waals surface area contributed by atoms with Crippen LogP contribution in [-0.2, 0) is 0 Å². The molecule has 1 fully saturated rings. The maximum atomic E-state index is 14.8. The van der Waals surface area contributed by atoms with Crippen LogP contribution in [0.25, 0.3) is 28.1 Å². The first-order chi connectivity index (χ1) is 16.6. The summed E-state index contributed by atoms with van der Waals surface area (Å²) in [6.07, 6.45) is -3.94. The zero-order valence-corrected chi connectivity index (χ0v) is 18.9. The zero-order chi connectivity index (χ0) is 24.9. The monoisotopic (exact) mass is 492 g/mol. The molecule has 0 saturated heterocycles. The SMILES string of the molecule is F/C(=C\C(F)(F)F)c1c(F)cc(C2=CC=C(c3ccc(-c4cc[c-]cc4)cc3)C3C(F)C23)cc1F.[Li+]. The summed E-state index contributed by atoms with van der Waals surface area (Å²) in [5.41, 5.74) is 2.43. The zero-order valence-electron chi connectivity index (χ0n) is 18.9. The quantitative estimate of drug-likeness (QED) is 0.261. The fourth-order valence-corrected chi connectivity index (χ4v) is 4.60. The third kappa shape index (κ3) is 4.96. The minimum absolute atomic E-state index is 0. The van der Waals surface area contributed by atoms with E-state index in [2.05, 4.69) is 6.07 Å². The molecule has 5 rings (SSSR count). The van der Waals surface area contributed by atoms with Gasteiger partial charge in [0.2, 0.25) is 0 Å². The van der Waals surface area contributed by atoms with Crippen LogP contribution in [0.1, 0.15) is 16.7 Å².